The average molecular weight is 531 g/mol. The van der Waals surface area contributed by atoms with Gasteiger partial charge in [0.1, 0.15) is 0 Å². The Balaban J connectivity index is 4.12. The summed E-state index contributed by atoms with van der Waals surface area (Å²) >= 11 is 0. The summed E-state index contributed by atoms with van der Waals surface area (Å²) in [5.74, 6) is -3.58. The number of allylic oxidation sites excluding steroid dienone is 8. The highest BCUT2D eigenvalue weighted by Crippen LogP contribution is 2.25. The third kappa shape index (κ3) is 23.0. The number of rotatable bonds is 27. The maximum atomic E-state index is 11.8. The van der Waals surface area contributed by atoms with Gasteiger partial charge in [-0.05, 0) is 51.4 Å². The van der Waals surface area contributed by atoms with Crippen LogP contribution in [0.25, 0.3) is 0 Å². The highest BCUT2D eigenvalue weighted by molar-refractivity contribution is 5.79. The molecule has 0 aliphatic carbocycles. The second-order valence-electron chi connectivity index (χ2n) is 10.5. The van der Waals surface area contributed by atoms with Crippen LogP contribution in [0.3, 0.4) is 0 Å². The number of carbonyl (C=O) groups is 2. The average Bonchev–Trinajstić information content (AvgIpc) is 2.89. The Hall–Kier alpha value is -2.10. The van der Waals surface area contributed by atoms with Crippen molar-refractivity contribution in [3.05, 3.63) is 48.6 Å². The molecule has 4 heteroatoms. The van der Waals surface area contributed by atoms with E-state index in [9.17, 15) is 19.8 Å². The SMILES string of the molecule is CCCCC/C=C\C/C=C\C/C=C\C/C=C\CCC(C(=O)O)C(CCCCCCCCCCCC)C(=O)O. The third-order valence-corrected chi connectivity index (χ3v) is 7.09. The van der Waals surface area contributed by atoms with Crippen LogP contribution in [0.5, 0.6) is 0 Å². The second kappa shape index (κ2) is 27.9. The Kier molecular flexibility index (Phi) is 26.4. The predicted molar refractivity (Wildman–Crippen MR) is 162 cm³/mol. The van der Waals surface area contributed by atoms with E-state index in [4.69, 9.17) is 0 Å². The van der Waals surface area contributed by atoms with E-state index in [0.717, 1.165) is 38.5 Å². The Morgan fingerprint density at radius 3 is 1.32 bits per heavy atom. The van der Waals surface area contributed by atoms with E-state index in [1.165, 1.54) is 70.6 Å². The fourth-order valence-electron chi connectivity index (χ4n) is 4.68. The monoisotopic (exact) mass is 530 g/mol. The van der Waals surface area contributed by atoms with Crippen LogP contribution in [-0.4, -0.2) is 22.2 Å². The van der Waals surface area contributed by atoms with Gasteiger partial charge in [-0.1, -0.05) is 140 Å². The van der Waals surface area contributed by atoms with E-state index >= 15 is 0 Å². The molecule has 0 bridgehead atoms. The third-order valence-electron chi connectivity index (χ3n) is 7.09. The lowest BCUT2D eigenvalue weighted by molar-refractivity contribution is -0.154. The van der Waals surface area contributed by atoms with Gasteiger partial charge in [-0.3, -0.25) is 9.59 Å². The molecule has 0 aliphatic rings. The summed E-state index contributed by atoms with van der Waals surface area (Å²) in [7, 11) is 0. The van der Waals surface area contributed by atoms with Crippen molar-refractivity contribution >= 4 is 11.9 Å². The van der Waals surface area contributed by atoms with E-state index in [1.807, 2.05) is 12.2 Å². The van der Waals surface area contributed by atoms with Crippen molar-refractivity contribution in [2.75, 3.05) is 0 Å². The fraction of sp³-hybridized carbons (Fsp3) is 0.706. The molecule has 0 aromatic carbocycles. The predicted octanol–water partition coefficient (Wildman–Crippen LogP) is 10.5. The Labute approximate surface area is 234 Å². The molecule has 0 aromatic rings. The van der Waals surface area contributed by atoms with Crippen molar-refractivity contribution in [2.45, 2.75) is 142 Å². The van der Waals surface area contributed by atoms with Gasteiger partial charge in [0.05, 0.1) is 11.8 Å². The summed E-state index contributed by atoms with van der Waals surface area (Å²) in [6, 6.07) is 0. The Morgan fingerprint density at radius 2 is 0.842 bits per heavy atom. The minimum Gasteiger partial charge on any atom is -0.481 e. The molecule has 0 heterocycles. The molecule has 0 fully saturated rings. The summed E-state index contributed by atoms with van der Waals surface area (Å²) in [4.78, 5) is 23.6. The first-order valence-electron chi connectivity index (χ1n) is 15.6. The molecule has 0 rings (SSSR count). The van der Waals surface area contributed by atoms with E-state index in [-0.39, 0.29) is 0 Å². The second-order valence-corrected chi connectivity index (χ2v) is 10.5. The lowest BCUT2D eigenvalue weighted by Gasteiger charge is -2.20. The lowest BCUT2D eigenvalue weighted by Crippen LogP contribution is -2.29. The van der Waals surface area contributed by atoms with Crippen molar-refractivity contribution in [3.63, 3.8) is 0 Å². The number of unbranched alkanes of at least 4 members (excludes halogenated alkanes) is 12. The summed E-state index contributed by atoms with van der Waals surface area (Å²) in [5.41, 5.74) is 0. The molecular weight excluding hydrogens is 472 g/mol. The van der Waals surface area contributed by atoms with E-state index in [1.54, 1.807) is 0 Å². The maximum absolute atomic E-state index is 11.8. The van der Waals surface area contributed by atoms with Gasteiger partial charge >= 0.3 is 11.9 Å². The Morgan fingerprint density at radius 1 is 0.474 bits per heavy atom. The molecule has 218 valence electrons. The minimum atomic E-state index is -0.986. The van der Waals surface area contributed by atoms with Crippen LogP contribution in [0.15, 0.2) is 48.6 Å². The number of aliphatic carboxylic acids is 2. The number of hydrogen-bond donors (Lipinski definition) is 2. The maximum Gasteiger partial charge on any atom is 0.307 e. The van der Waals surface area contributed by atoms with Crippen LogP contribution in [0.1, 0.15) is 142 Å². The van der Waals surface area contributed by atoms with Crippen LogP contribution >= 0.6 is 0 Å². The Bertz CT molecular complexity index is 674. The van der Waals surface area contributed by atoms with Gasteiger partial charge in [0.2, 0.25) is 0 Å². The number of hydrogen-bond acceptors (Lipinski definition) is 2. The first-order valence-corrected chi connectivity index (χ1v) is 15.6. The molecule has 38 heavy (non-hydrogen) atoms. The molecule has 0 spiro atoms. The molecule has 2 atom stereocenters. The van der Waals surface area contributed by atoms with Gasteiger partial charge in [-0.2, -0.15) is 0 Å². The van der Waals surface area contributed by atoms with Crippen LogP contribution < -0.4 is 0 Å². The summed E-state index contributed by atoms with van der Waals surface area (Å²) in [6.45, 7) is 4.45. The summed E-state index contributed by atoms with van der Waals surface area (Å²) in [6.07, 6.45) is 38.2. The highest BCUT2D eigenvalue weighted by Gasteiger charge is 2.32. The number of carboxylic acid groups (broad SMARTS) is 2. The standard InChI is InChI=1S/C34H58O4/c1-3-5-7-9-11-13-15-16-17-18-19-20-22-24-26-28-30-32(34(37)38)31(33(35)36)29-27-25-23-21-14-12-10-8-6-4-2/h11,13,16-17,19-20,24,26,31-32H,3-10,12,14-15,18,21-23,25,27-30H2,1-2H3,(H,35,36)(H,37,38)/b13-11-,17-16-,20-19-,26-24-. The van der Waals surface area contributed by atoms with Crippen LogP contribution in [-0.2, 0) is 9.59 Å². The molecule has 2 unspecified atom stereocenters. The summed E-state index contributed by atoms with van der Waals surface area (Å²) in [5, 5.41) is 19.3. The van der Waals surface area contributed by atoms with Gasteiger partial charge in [0.15, 0.2) is 0 Å². The van der Waals surface area contributed by atoms with Crippen molar-refractivity contribution in [1.82, 2.24) is 0 Å². The van der Waals surface area contributed by atoms with Crippen molar-refractivity contribution < 1.29 is 19.8 Å². The first kappa shape index (κ1) is 35.9. The molecule has 0 saturated heterocycles. The largest absolute Gasteiger partial charge is 0.481 e. The molecule has 0 aromatic heterocycles. The molecule has 0 saturated carbocycles. The fourth-order valence-corrected chi connectivity index (χ4v) is 4.68. The lowest BCUT2D eigenvalue weighted by atomic mass is 9.84. The molecular formula is C34H58O4. The zero-order chi connectivity index (χ0) is 28.1. The van der Waals surface area contributed by atoms with Crippen LogP contribution in [0.2, 0.25) is 0 Å². The van der Waals surface area contributed by atoms with Gasteiger partial charge < -0.3 is 10.2 Å². The minimum absolute atomic E-state index is 0.374. The zero-order valence-electron chi connectivity index (χ0n) is 24.6. The first-order chi connectivity index (χ1) is 18.5. The van der Waals surface area contributed by atoms with E-state index in [0.29, 0.717) is 19.3 Å². The molecule has 0 aliphatic heterocycles. The summed E-state index contributed by atoms with van der Waals surface area (Å²) < 4.78 is 0. The van der Waals surface area contributed by atoms with E-state index < -0.39 is 23.8 Å². The molecule has 0 amide bonds. The van der Waals surface area contributed by atoms with Crippen molar-refractivity contribution in [2.24, 2.45) is 11.8 Å². The van der Waals surface area contributed by atoms with Crippen LogP contribution in [0, 0.1) is 11.8 Å². The van der Waals surface area contributed by atoms with Gasteiger partial charge in [0.25, 0.3) is 0 Å². The van der Waals surface area contributed by atoms with Crippen molar-refractivity contribution in [1.29, 1.82) is 0 Å². The van der Waals surface area contributed by atoms with Gasteiger partial charge in [0, 0.05) is 0 Å². The van der Waals surface area contributed by atoms with Crippen LogP contribution in [0.4, 0.5) is 0 Å². The highest BCUT2D eigenvalue weighted by atomic mass is 16.4. The topological polar surface area (TPSA) is 74.6 Å². The smallest absolute Gasteiger partial charge is 0.307 e. The molecule has 4 nitrogen and oxygen atoms in total. The van der Waals surface area contributed by atoms with Gasteiger partial charge in [-0.25, -0.2) is 0 Å². The van der Waals surface area contributed by atoms with Crippen molar-refractivity contribution in [3.8, 4) is 0 Å². The van der Waals surface area contributed by atoms with Gasteiger partial charge in [-0.15, -0.1) is 0 Å². The zero-order valence-corrected chi connectivity index (χ0v) is 24.6. The normalized spacial score (nSPS) is 13.8. The molecule has 2 N–H and O–H groups in total. The molecule has 0 radical (unpaired) electrons. The van der Waals surface area contributed by atoms with E-state index in [2.05, 4.69) is 50.3 Å². The number of carboxylic acids is 2. The quantitative estimate of drug-likeness (QED) is 0.0818.